The third kappa shape index (κ3) is 5.38. The number of carboxylic acid groups (broad SMARTS) is 1. The van der Waals surface area contributed by atoms with Crippen molar-refractivity contribution in [1.29, 1.82) is 0 Å². The summed E-state index contributed by atoms with van der Waals surface area (Å²) in [6, 6.07) is 13.6. The minimum atomic E-state index is -0.831. The Balaban J connectivity index is 1.73. The van der Waals surface area contributed by atoms with Gasteiger partial charge >= 0.3 is 5.97 Å². The Morgan fingerprint density at radius 1 is 0.906 bits per heavy atom. The van der Waals surface area contributed by atoms with Crippen LogP contribution in [0.1, 0.15) is 43.5 Å². The molecule has 168 valence electrons. The normalized spacial score (nSPS) is 15.8. The Hall–Kier alpha value is -3.10. The van der Waals surface area contributed by atoms with Crippen LogP contribution in [0.2, 0.25) is 0 Å². The number of carbonyl (C=O) groups is 1. The fraction of sp³-hybridized carbons (Fsp3) is 0.417. The Morgan fingerprint density at radius 2 is 1.56 bits per heavy atom. The quantitative estimate of drug-likeness (QED) is 0.490. The van der Waals surface area contributed by atoms with Gasteiger partial charge in [0.1, 0.15) is 0 Å². The van der Waals surface area contributed by atoms with Crippen LogP contribution in [0, 0.1) is 0 Å². The molecule has 0 aromatic carbocycles. The highest BCUT2D eigenvalue weighted by atomic mass is 16.4. The number of carboxylic acids is 1. The molecule has 0 bridgehead atoms. The lowest BCUT2D eigenvalue weighted by Gasteiger charge is -2.52. The Labute approximate surface area is 188 Å². The highest BCUT2D eigenvalue weighted by Gasteiger charge is 2.44. The number of aromatic nitrogens is 4. The second-order valence-corrected chi connectivity index (χ2v) is 8.32. The molecule has 0 spiro atoms. The molecule has 0 radical (unpaired) electrons. The number of hydrogen-bond acceptors (Lipinski definition) is 6. The Bertz CT molecular complexity index is 959. The second kappa shape index (κ2) is 10.5. The van der Waals surface area contributed by atoms with E-state index in [2.05, 4.69) is 24.9 Å². The van der Waals surface area contributed by atoms with Crippen molar-refractivity contribution in [2.24, 2.45) is 0 Å². The number of pyridine rings is 2. The van der Waals surface area contributed by atoms with E-state index in [-0.39, 0.29) is 6.54 Å². The monoisotopic (exact) mass is 434 g/mol. The number of aliphatic carboxylic acids is 1. The van der Waals surface area contributed by atoms with Crippen molar-refractivity contribution in [2.45, 2.75) is 57.5 Å². The first-order valence-electron chi connectivity index (χ1n) is 11.1. The maximum absolute atomic E-state index is 12.0. The van der Waals surface area contributed by atoms with E-state index in [1.807, 2.05) is 53.3 Å². The largest absolute Gasteiger partial charge is 0.480 e. The predicted molar refractivity (Wildman–Crippen MR) is 120 cm³/mol. The summed E-state index contributed by atoms with van der Waals surface area (Å²) < 4.78 is 1.90. The molecule has 8 heteroatoms. The van der Waals surface area contributed by atoms with E-state index in [4.69, 9.17) is 0 Å². The van der Waals surface area contributed by atoms with Gasteiger partial charge in [-0.3, -0.25) is 29.2 Å². The highest BCUT2D eigenvalue weighted by molar-refractivity contribution is 5.69. The van der Waals surface area contributed by atoms with Gasteiger partial charge in [-0.15, -0.1) is 0 Å². The van der Waals surface area contributed by atoms with E-state index in [0.29, 0.717) is 19.8 Å². The van der Waals surface area contributed by atoms with Gasteiger partial charge in [-0.2, -0.15) is 5.10 Å². The van der Waals surface area contributed by atoms with Gasteiger partial charge in [-0.25, -0.2) is 0 Å². The number of rotatable bonds is 10. The molecular weight excluding hydrogens is 404 g/mol. The molecule has 0 atom stereocenters. The van der Waals surface area contributed by atoms with Crippen molar-refractivity contribution >= 4 is 5.97 Å². The van der Waals surface area contributed by atoms with Crippen LogP contribution in [0.3, 0.4) is 0 Å². The molecule has 0 aliphatic heterocycles. The molecule has 3 aromatic rings. The van der Waals surface area contributed by atoms with Crippen molar-refractivity contribution < 1.29 is 9.90 Å². The molecule has 0 saturated heterocycles. The summed E-state index contributed by atoms with van der Waals surface area (Å²) >= 11 is 0. The first-order chi connectivity index (χ1) is 15.7. The number of nitrogens with zero attached hydrogens (tertiary/aromatic N) is 6. The van der Waals surface area contributed by atoms with Crippen molar-refractivity contribution in [3.8, 4) is 0 Å². The smallest absolute Gasteiger partial charge is 0.317 e. The number of hydrogen-bond donors (Lipinski definition) is 1. The Kier molecular flexibility index (Phi) is 7.24. The van der Waals surface area contributed by atoms with E-state index >= 15 is 0 Å². The van der Waals surface area contributed by atoms with E-state index in [1.54, 1.807) is 18.6 Å². The summed E-state index contributed by atoms with van der Waals surface area (Å²) in [5, 5.41) is 14.3. The minimum Gasteiger partial charge on any atom is -0.480 e. The van der Waals surface area contributed by atoms with Crippen molar-refractivity contribution in [1.82, 2.24) is 29.5 Å². The molecule has 32 heavy (non-hydrogen) atoms. The van der Waals surface area contributed by atoms with Crippen LogP contribution in [0.5, 0.6) is 0 Å². The first kappa shape index (κ1) is 22.1. The van der Waals surface area contributed by atoms with Gasteiger partial charge in [0.15, 0.2) is 0 Å². The topological polar surface area (TPSA) is 87.4 Å². The van der Waals surface area contributed by atoms with Crippen LogP contribution in [-0.2, 0) is 24.6 Å². The third-order valence-electron chi connectivity index (χ3n) is 6.19. The molecule has 8 nitrogen and oxygen atoms in total. The molecule has 0 unspecified atom stereocenters. The lowest BCUT2D eigenvalue weighted by Crippen LogP contribution is -2.62. The third-order valence-corrected chi connectivity index (χ3v) is 6.19. The average Bonchev–Trinajstić information content (AvgIpc) is 3.33. The molecule has 4 rings (SSSR count). The molecular formula is C24H30N6O2. The lowest BCUT2D eigenvalue weighted by molar-refractivity contribution is -0.151. The predicted octanol–water partition coefficient (Wildman–Crippen LogP) is 3.38. The fourth-order valence-electron chi connectivity index (χ4n) is 4.73. The molecule has 1 aliphatic carbocycles. The van der Waals surface area contributed by atoms with Crippen LogP contribution in [0.4, 0.5) is 0 Å². The molecule has 1 saturated carbocycles. The summed E-state index contributed by atoms with van der Waals surface area (Å²) in [7, 11) is 0. The van der Waals surface area contributed by atoms with Crippen molar-refractivity contribution in [3.05, 3.63) is 78.6 Å². The SMILES string of the molecule is O=C(O)CN(Cc1ccccn1)C1(N(Cc2ccccn2)Cn2cccn2)CCCCC1. The molecule has 0 amide bonds. The fourth-order valence-corrected chi connectivity index (χ4v) is 4.73. The van der Waals surface area contributed by atoms with Gasteiger partial charge in [0.2, 0.25) is 0 Å². The van der Waals surface area contributed by atoms with Gasteiger partial charge in [-0.1, -0.05) is 31.4 Å². The molecule has 1 N–H and O–H groups in total. The van der Waals surface area contributed by atoms with E-state index in [1.165, 1.54) is 0 Å². The average molecular weight is 435 g/mol. The lowest BCUT2D eigenvalue weighted by atomic mass is 9.85. The van der Waals surface area contributed by atoms with Crippen molar-refractivity contribution in [3.63, 3.8) is 0 Å². The van der Waals surface area contributed by atoms with Crippen LogP contribution >= 0.6 is 0 Å². The minimum absolute atomic E-state index is 0.0472. The Morgan fingerprint density at radius 3 is 2.09 bits per heavy atom. The highest BCUT2D eigenvalue weighted by Crippen LogP contribution is 2.39. The maximum Gasteiger partial charge on any atom is 0.317 e. The zero-order chi connectivity index (χ0) is 22.2. The second-order valence-electron chi connectivity index (χ2n) is 8.32. The van der Waals surface area contributed by atoms with E-state index < -0.39 is 11.6 Å². The van der Waals surface area contributed by atoms with Gasteiger partial charge in [-0.05, 0) is 43.2 Å². The van der Waals surface area contributed by atoms with Crippen LogP contribution in [-0.4, -0.2) is 52.8 Å². The molecule has 3 heterocycles. The van der Waals surface area contributed by atoms with Crippen LogP contribution in [0.25, 0.3) is 0 Å². The van der Waals surface area contributed by atoms with E-state index in [0.717, 1.165) is 43.5 Å². The summed E-state index contributed by atoms with van der Waals surface area (Å²) in [5.41, 5.74) is 1.39. The first-order valence-corrected chi connectivity index (χ1v) is 11.1. The summed E-state index contributed by atoms with van der Waals surface area (Å²) in [5.74, 6) is -0.831. The summed E-state index contributed by atoms with van der Waals surface area (Å²) in [4.78, 5) is 25.5. The summed E-state index contributed by atoms with van der Waals surface area (Å²) in [6.45, 7) is 1.60. The summed E-state index contributed by atoms with van der Waals surface area (Å²) in [6.07, 6.45) is 12.3. The maximum atomic E-state index is 12.0. The zero-order valence-electron chi connectivity index (χ0n) is 18.3. The molecule has 1 fully saturated rings. The van der Waals surface area contributed by atoms with E-state index in [9.17, 15) is 9.90 Å². The van der Waals surface area contributed by atoms with Crippen LogP contribution < -0.4 is 0 Å². The van der Waals surface area contributed by atoms with Crippen molar-refractivity contribution in [2.75, 3.05) is 6.54 Å². The van der Waals surface area contributed by atoms with Gasteiger partial charge in [0, 0.05) is 37.9 Å². The van der Waals surface area contributed by atoms with Gasteiger partial charge in [0.25, 0.3) is 0 Å². The molecule has 3 aromatic heterocycles. The molecule has 1 aliphatic rings. The van der Waals surface area contributed by atoms with Gasteiger partial charge in [0.05, 0.1) is 30.3 Å². The standard InChI is InChI=1S/C24H30N6O2/c31-23(32)19-28(17-21-9-2-6-13-25-21)24(11-4-1-5-12-24)29(20-30-16-8-15-27-30)18-22-10-3-7-14-26-22/h2-3,6-10,13-16H,1,4-5,11-12,17-20H2,(H,31,32). The van der Waals surface area contributed by atoms with Crippen LogP contribution in [0.15, 0.2) is 67.3 Å². The van der Waals surface area contributed by atoms with Gasteiger partial charge < -0.3 is 5.11 Å². The zero-order valence-corrected chi connectivity index (χ0v) is 18.3.